The number of hydrogen-bond donors (Lipinski definition) is 0. The Morgan fingerprint density at radius 3 is 2.37 bits per heavy atom. The van der Waals surface area contributed by atoms with Crippen molar-refractivity contribution in [1.82, 2.24) is 4.90 Å². The van der Waals surface area contributed by atoms with Crippen molar-refractivity contribution in [1.29, 1.82) is 0 Å². The highest BCUT2D eigenvalue weighted by atomic mass is 79.9. The predicted octanol–water partition coefficient (Wildman–Crippen LogP) is 2.89. The number of hydrogen-bond acceptors (Lipinski definition) is 1. The number of amides is 1. The van der Waals surface area contributed by atoms with Crippen molar-refractivity contribution >= 4 is 21.8 Å². The van der Waals surface area contributed by atoms with Gasteiger partial charge in [-0.1, -0.05) is 40.2 Å². The van der Waals surface area contributed by atoms with Crippen LogP contribution in [0.3, 0.4) is 0 Å². The van der Waals surface area contributed by atoms with Gasteiger partial charge >= 0.3 is 0 Å². The molecule has 0 saturated carbocycles. The quantitative estimate of drug-likeness (QED) is 0.760. The van der Waals surface area contributed by atoms with Crippen LogP contribution in [0, 0.1) is 5.92 Å². The minimum absolute atomic E-state index is 0.157. The number of rotatable bonds is 5. The molecule has 0 spiro atoms. The van der Waals surface area contributed by atoms with Gasteiger partial charge in [0.1, 0.15) is 0 Å². The first-order chi connectivity index (χ1) is 9.11. The molecule has 5 heteroatoms. The third-order valence-corrected chi connectivity index (χ3v) is 3.78. The number of benzene rings is 1. The Morgan fingerprint density at radius 1 is 1.32 bits per heavy atom. The van der Waals surface area contributed by atoms with Crippen LogP contribution in [-0.4, -0.2) is 35.7 Å². The molecule has 1 aromatic carbocycles. The van der Waals surface area contributed by atoms with Crippen LogP contribution >= 0.6 is 15.9 Å². The Hall–Kier alpha value is -0.970. The molecule has 0 radical (unpaired) electrons. The molecule has 19 heavy (non-hydrogen) atoms. The van der Waals surface area contributed by atoms with E-state index >= 15 is 0 Å². The molecule has 1 aliphatic rings. The van der Waals surface area contributed by atoms with Crippen molar-refractivity contribution in [3.05, 3.63) is 35.4 Å². The molecule has 0 atom stereocenters. The summed E-state index contributed by atoms with van der Waals surface area (Å²) in [5.74, 6) is -0.342. The number of halogens is 3. The van der Waals surface area contributed by atoms with Crippen molar-refractivity contribution in [2.45, 2.75) is 19.3 Å². The molecule has 0 heterocycles. The molecule has 1 aromatic rings. The summed E-state index contributed by atoms with van der Waals surface area (Å²) in [6, 6.07) is 7.90. The predicted molar refractivity (Wildman–Crippen MR) is 73.7 cm³/mol. The van der Waals surface area contributed by atoms with Crippen LogP contribution in [0.25, 0.3) is 0 Å². The first-order valence-corrected chi connectivity index (χ1v) is 7.43. The van der Waals surface area contributed by atoms with E-state index < -0.39 is 13.0 Å². The lowest BCUT2D eigenvalue weighted by molar-refractivity contribution is -0.136. The lowest BCUT2D eigenvalue weighted by Gasteiger charge is -2.24. The first kappa shape index (κ1) is 14.4. The molecule has 1 amide bonds. The maximum absolute atomic E-state index is 12.5. The second kappa shape index (κ2) is 6.46. The lowest BCUT2D eigenvalue weighted by atomic mass is 10.0. The maximum atomic E-state index is 12.5. The van der Waals surface area contributed by atoms with Gasteiger partial charge in [0.2, 0.25) is 5.91 Å². The SMILES string of the molecule is O=C(C1Cc2ccccc2C1)N(CCBr)CC(F)F. The lowest BCUT2D eigenvalue weighted by Crippen LogP contribution is -2.40. The van der Waals surface area contributed by atoms with Crippen LogP contribution in [0.15, 0.2) is 24.3 Å². The standard InChI is InChI=1S/C14H16BrF2NO/c15-5-6-18(9-13(16)17)14(19)12-7-10-3-1-2-4-11(10)8-12/h1-4,12-13H,5-9H2. The average Bonchev–Trinajstić information content (AvgIpc) is 2.80. The Labute approximate surface area is 119 Å². The maximum Gasteiger partial charge on any atom is 0.255 e. The van der Waals surface area contributed by atoms with E-state index in [-0.39, 0.29) is 11.8 Å². The third-order valence-electron chi connectivity index (χ3n) is 3.42. The van der Waals surface area contributed by atoms with E-state index in [9.17, 15) is 13.6 Å². The van der Waals surface area contributed by atoms with E-state index in [1.165, 1.54) is 4.90 Å². The van der Waals surface area contributed by atoms with Crippen molar-refractivity contribution in [2.24, 2.45) is 5.92 Å². The zero-order valence-electron chi connectivity index (χ0n) is 10.5. The van der Waals surface area contributed by atoms with Crippen LogP contribution in [0.1, 0.15) is 11.1 Å². The monoisotopic (exact) mass is 331 g/mol. The molecule has 0 unspecified atom stereocenters. The highest BCUT2D eigenvalue weighted by Crippen LogP contribution is 2.28. The zero-order chi connectivity index (χ0) is 13.8. The summed E-state index contributed by atoms with van der Waals surface area (Å²) in [6.45, 7) is -0.146. The van der Waals surface area contributed by atoms with E-state index in [1.807, 2.05) is 24.3 Å². The van der Waals surface area contributed by atoms with Crippen molar-refractivity contribution in [3.8, 4) is 0 Å². The van der Waals surface area contributed by atoms with Crippen LogP contribution in [0.4, 0.5) is 8.78 Å². The average molecular weight is 332 g/mol. The van der Waals surface area contributed by atoms with Crippen molar-refractivity contribution in [2.75, 3.05) is 18.4 Å². The second-order valence-corrected chi connectivity index (χ2v) is 5.53. The molecule has 104 valence electrons. The van der Waals surface area contributed by atoms with Gasteiger partial charge < -0.3 is 4.90 Å². The Kier molecular flexibility index (Phi) is 4.91. The van der Waals surface area contributed by atoms with Gasteiger partial charge in [0.05, 0.1) is 6.54 Å². The van der Waals surface area contributed by atoms with Gasteiger partial charge in [-0.05, 0) is 24.0 Å². The minimum atomic E-state index is -2.48. The van der Waals surface area contributed by atoms with E-state index in [4.69, 9.17) is 0 Å². The molecule has 0 saturated heterocycles. The Balaban J connectivity index is 2.04. The Bertz CT molecular complexity index is 428. The van der Waals surface area contributed by atoms with Gasteiger partial charge in [0.15, 0.2) is 0 Å². The number of nitrogens with zero attached hydrogens (tertiary/aromatic N) is 1. The highest BCUT2D eigenvalue weighted by Gasteiger charge is 2.31. The van der Waals surface area contributed by atoms with E-state index in [1.54, 1.807) is 0 Å². The van der Waals surface area contributed by atoms with Crippen molar-refractivity contribution < 1.29 is 13.6 Å². The summed E-state index contributed by atoms with van der Waals surface area (Å²) in [5.41, 5.74) is 2.33. The summed E-state index contributed by atoms with van der Waals surface area (Å²) in [5, 5.41) is 0.519. The second-order valence-electron chi connectivity index (χ2n) is 4.74. The van der Waals surface area contributed by atoms with Crippen LogP contribution in [-0.2, 0) is 17.6 Å². The van der Waals surface area contributed by atoms with Gasteiger partial charge in [-0.3, -0.25) is 4.79 Å². The summed E-state index contributed by atoms with van der Waals surface area (Å²) in [4.78, 5) is 13.6. The third kappa shape index (κ3) is 3.53. The van der Waals surface area contributed by atoms with Gasteiger partial charge in [-0.25, -0.2) is 8.78 Å². The smallest absolute Gasteiger partial charge is 0.255 e. The minimum Gasteiger partial charge on any atom is -0.336 e. The van der Waals surface area contributed by atoms with Gasteiger partial charge in [0, 0.05) is 17.8 Å². The van der Waals surface area contributed by atoms with Gasteiger partial charge in [-0.15, -0.1) is 0 Å². The fraction of sp³-hybridized carbons (Fsp3) is 0.500. The molecular formula is C14H16BrF2NO. The molecule has 1 aliphatic carbocycles. The van der Waals surface area contributed by atoms with Crippen LogP contribution < -0.4 is 0 Å². The van der Waals surface area contributed by atoms with E-state index in [2.05, 4.69) is 15.9 Å². The summed E-state index contributed by atoms with van der Waals surface area (Å²) < 4.78 is 25.0. The zero-order valence-corrected chi connectivity index (χ0v) is 12.1. The number of carbonyl (C=O) groups excluding carboxylic acids is 1. The van der Waals surface area contributed by atoms with Gasteiger partial charge in [-0.2, -0.15) is 0 Å². The van der Waals surface area contributed by atoms with Crippen molar-refractivity contribution in [3.63, 3.8) is 0 Å². The molecule has 0 aliphatic heterocycles. The van der Waals surface area contributed by atoms with E-state index in [0.717, 1.165) is 11.1 Å². The molecule has 2 rings (SSSR count). The molecule has 0 N–H and O–H groups in total. The topological polar surface area (TPSA) is 20.3 Å². The fourth-order valence-corrected chi connectivity index (χ4v) is 2.98. The number of carbonyl (C=O) groups is 1. The summed E-state index contributed by atoms with van der Waals surface area (Å²) in [7, 11) is 0. The number of alkyl halides is 3. The largest absolute Gasteiger partial charge is 0.336 e. The molecule has 0 aromatic heterocycles. The molecule has 0 fully saturated rings. The molecule has 2 nitrogen and oxygen atoms in total. The van der Waals surface area contributed by atoms with Gasteiger partial charge in [0.25, 0.3) is 6.43 Å². The molecule has 0 bridgehead atoms. The van der Waals surface area contributed by atoms with Crippen LogP contribution in [0.5, 0.6) is 0 Å². The van der Waals surface area contributed by atoms with Crippen LogP contribution in [0.2, 0.25) is 0 Å². The summed E-state index contributed by atoms with van der Waals surface area (Å²) in [6.07, 6.45) is -1.15. The highest BCUT2D eigenvalue weighted by molar-refractivity contribution is 9.09. The molecular weight excluding hydrogens is 316 g/mol. The normalized spacial score (nSPS) is 14.7. The fourth-order valence-electron chi connectivity index (χ4n) is 2.55. The van der Waals surface area contributed by atoms with E-state index in [0.29, 0.717) is 24.7 Å². The first-order valence-electron chi connectivity index (χ1n) is 6.31. The summed E-state index contributed by atoms with van der Waals surface area (Å²) >= 11 is 3.21. The Morgan fingerprint density at radius 2 is 1.89 bits per heavy atom. The number of fused-ring (bicyclic) bond motifs is 1.